The fraction of sp³-hybridized carbons (Fsp3) is 0.188. The van der Waals surface area contributed by atoms with Crippen LogP contribution in [0.2, 0.25) is 0 Å². The highest BCUT2D eigenvalue weighted by atomic mass is 16.5. The second-order valence-electron chi connectivity index (χ2n) is 4.91. The lowest BCUT2D eigenvalue weighted by atomic mass is 10.1. The zero-order valence-corrected chi connectivity index (χ0v) is 12.8. The van der Waals surface area contributed by atoms with E-state index in [-0.39, 0.29) is 35.5 Å². The second-order valence-corrected chi connectivity index (χ2v) is 4.91. The average Bonchev–Trinajstić information content (AvgIpc) is 3.28. The van der Waals surface area contributed by atoms with Gasteiger partial charge in [0.05, 0.1) is 13.7 Å². The predicted octanol–water partition coefficient (Wildman–Crippen LogP) is 1.78. The van der Waals surface area contributed by atoms with Crippen LogP contribution in [-0.2, 0) is 4.74 Å². The van der Waals surface area contributed by atoms with Crippen LogP contribution in [0.15, 0.2) is 45.4 Å². The number of aliphatic hydroxyl groups excluding tert-OH is 1. The van der Waals surface area contributed by atoms with Gasteiger partial charge in [-0.05, 0) is 0 Å². The van der Waals surface area contributed by atoms with Crippen molar-refractivity contribution in [3.63, 3.8) is 0 Å². The number of carbonyl (C=O) groups excluding carboxylic acids is 1. The van der Waals surface area contributed by atoms with E-state index in [1.165, 1.54) is 13.4 Å². The molecule has 0 unspecified atom stereocenters. The van der Waals surface area contributed by atoms with Crippen LogP contribution in [0.5, 0.6) is 0 Å². The number of nitrogens with two attached hydrogens (primary N) is 1. The molecule has 8 heteroatoms. The summed E-state index contributed by atoms with van der Waals surface area (Å²) in [5.41, 5.74) is 6.63. The molecule has 0 fully saturated rings. The highest BCUT2D eigenvalue weighted by Crippen LogP contribution is 2.30. The minimum Gasteiger partial charge on any atom is -0.464 e. The fourth-order valence-corrected chi connectivity index (χ4v) is 2.08. The first kappa shape index (κ1) is 15.9. The van der Waals surface area contributed by atoms with Crippen molar-refractivity contribution in [3.8, 4) is 22.9 Å². The number of aliphatic hydroxyl groups is 1. The van der Waals surface area contributed by atoms with Gasteiger partial charge in [-0.25, -0.2) is 9.78 Å². The number of oxazole rings is 2. The Balaban J connectivity index is 2.05. The van der Waals surface area contributed by atoms with E-state index in [0.29, 0.717) is 5.56 Å². The summed E-state index contributed by atoms with van der Waals surface area (Å²) in [5, 5.41) is 9.04. The van der Waals surface area contributed by atoms with Gasteiger partial charge in [0.15, 0.2) is 17.1 Å². The lowest BCUT2D eigenvalue weighted by molar-refractivity contribution is 0.0595. The van der Waals surface area contributed by atoms with E-state index < -0.39 is 12.0 Å². The van der Waals surface area contributed by atoms with Crippen molar-refractivity contribution in [1.82, 2.24) is 9.97 Å². The molecule has 2 heterocycles. The maximum atomic E-state index is 12.0. The SMILES string of the molecule is COC(=O)c1nc(-c2coc([C@H](N)CO)n2)oc1-c1ccccc1. The van der Waals surface area contributed by atoms with Gasteiger partial charge in [-0.1, -0.05) is 30.3 Å². The van der Waals surface area contributed by atoms with Crippen molar-refractivity contribution in [1.29, 1.82) is 0 Å². The summed E-state index contributed by atoms with van der Waals surface area (Å²) in [6, 6.07) is 8.29. The molecule has 3 rings (SSSR count). The first-order valence-electron chi connectivity index (χ1n) is 7.10. The monoisotopic (exact) mass is 329 g/mol. The number of hydrogen-bond acceptors (Lipinski definition) is 8. The largest absolute Gasteiger partial charge is 0.464 e. The lowest BCUT2D eigenvalue weighted by Crippen LogP contribution is -2.14. The van der Waals surface area contributed by atoms with Crippen molar-refractivity contribution in [3.05, 3.63) is 48.2 Å². The molecular formula is C16H15N3O5. The van der Waals surface area contributed by atoms with Gasteiger partial charge in [0.2, 0.25) is 11.8 Å². The Bertz CT molecular complexity index is 841. The molecule has 2 aromatic heterocycles. The van der Waals surface area contributed by atoms with E-state index in [0.717, 1.165) is 0 Å². The smallest absolute Gasteiger partial charge is 0.360 e. The Hall–Kier alpha value is -2.97. The summed E-state index contributed by atoms with van der Waals surface area (Å²) in [5.74, 6) is -0.117. The molecule has 0 aliphatic rings. The van der Waals surface area contributed by atoms with Crippen LogP contribution in [-0.4, -0.2) is 34.8 Å². The van der Waals surface area contributed by atoms with Gasteiger partial charge in [0.1, 0.15) is 12.3 Å². The van der Waals surface area contributed by atoms with Crippen LogP contribution >= 0.6 is 0 Å². The van der Waals surface area contributed by atoms with Crippen molar-refractivity contribution < 1.29 is 23.5 Å². The van der Waals surface area contributed by atoms with Crippen LogP contribution in [0.25, 0.3) is 22.9 Å². The third-order valence-corrected chi connectivity index (χ3v) is 3.30. The highest BCUT2D eigenvalue weighted by Gasteiger charge is 2.24. The molecule has 8 nitrogen and oxygen atoms in total. The first-order chi connectivity index (χ1) is 11.6. The molecule has 0 radical (unpaired) electrons. The number of methoxy groups -OCH3 is 1. The molecule has 0 spiro atoms. The quantitative estimate of drug-likeness (QED) is 0.679. The van der Waals surface area contributed by atoms with Crippen LogP contribution in [0, 0.1) is 0 Å². The van der Waals surface area contributed by atoms with Gasteiger partial charge in [-0.3, -0.25) is 0 Å². The third-order valence-electron chi connectivity index (χ3n) is 3.30. The number of esters is 1. The summed E-state index contributed by atoms with van der Waals surface area (Å²) < 4.78 is 15.7. The average molecular weight is 329 g/mol. The zero-order chi connectivity index (χ0) is 17.1. The van der Waals surface area contributed by atoms with E-state index in [1.54, 1.807) is 12.1 Å². The number of aromatic nitrogens is 2. The van der Waals surface area contributed by atoms with E-state index in [1.807, 2.05) is 18.2 Å². The van der Waals surface area contributed by atoms with E-state index in [2.05, 4.69) is 9.97 Å². The minimum absolute atomic E-state index is 0.0368. The Morgan fingerprint density at radius 1 is 1.33 bits per heavy atom. The Kier molecular flexibility index (Phi) is 4.41. The predicted molar refractivity (Wildman–Crippen MR) is 82.8 cm³/mol. The minimum atomic E-state index is -0.748. The summed E-state index contributed by atoms with van der Waals surface area (Å²) in [7, 11) is 1.26. The maximum Gasteiger partial charge on any atom is 0.360 e. The molecule has 0 bridgehead atoms. The van der Waals surface area contributed by atoms with E-state index >= 15 is 0 Å². The zero-order valence-electron chi connectivity index (χ0n) is 12.8. The van der Waals surface area contributed by atoms with Crippen molar-refractivity contribution in [2.24, 2.45) is 5.73 Å². The van der Waals surface area contributed by atoms with Gasteiger partial charge >= 0.3 is 5.97 Å². The van der Waals surface area contributed by atoms with Crippen molar-refractivity contribution in [2.75, 3.05) is 13.7 Å². The number of nitrogens with zero attached hydrogens (tertiary/aromatic N) is 2. The summed E-state index contributed by atoms with van der Waals surface area (Å²) in [4.78, 5) is 20.3. The molecule has 0 aliphatic carbocycles. The normalized spacial score (nSPS) is 12.1. The molecule has 1 aromatic carbocycles. The van der Waals surface area contributed by atoms with Gasteiger partial charge in [-0.15, -0.1) is 0 Å². The third kappa shape index (κ3) is 2.92. The van der Waals surface area contributed by atoms with Gasteiger partial charge in [-0.2, -0.15) is 4.98 Å². The Morgan fingerprint density at radius 3 is 2.75 bits per heavy atom. The molecule has 0 saturated heterocycles. The molecule has 124 valence electrons. The second kappa shape index (κ2) is 6.65. The molecule has 3 N–H and O–H groups in total. The topological polar surface area (TPSA) is 125 Å². The first-order valence-corrected chi connectivity index (χ1v) is 7.10. The molecule has 0 saturated carbocycles. The summed E-state index contributed by atoms with van der Waals surface area (Å²) in [6.45, 7) is -0.311. The van der Waals surface area contributed by atoms with Gasteiger partial charge in [0.25, 0.3) is 0 Å². The molecule has 0 aliphatic heterocycles. The molecule has 0 amide bonds. The molecule has 24 heavy (non-hydrogen) atoms. The summed E-state index contributed by atoms with van der Waals surface area (Å²) >= 11 is 0. The molecule has 3 aromatic rings. The van der Waals surface area contributed by atoms with Crippen LogP contribution in [0.4, 0.5) is 0 Å². The molecule has 1 atom stereocenters. The lowest BCUT2D eigenvalue weighted by Gasteiger charge is -1.99. The van der Waals surface area contributed by atoms with Crippen LogP contribution in [0.3, 0.4) is 0 Å². The number of ether oxygens (including phenoxy) is 1. The number of benzene rings is 1. The molecular weight excluding hydrogens is 314 g/mol. The number of rotatable bonds is 5. The van der Waals surface area contributed by atoms with Crippen LogP contribution < -0.4 is 5.73 Å². The fourth-order valence-electron chi connectivity index (χ4n) is 2.08. The van der Waals surface area contributed by atoms with Crippen LogP contribution in [0.1, 0.15) is 22.4 Å². The van der Waals surface area contributed by atoms with E-state index in [9.17, 15) is 4.79 Å². The maximum absolute atomic E-state index is 12.0. The number of carbonyl (C=O) groups is 1. The number of hydrogen-bond donors (Lipinski definition) is 2. The van der Waals surface area contributed by atoms with Gasteiger partial charge in [0, 0.05) is 5.56 Å². The standard InChI is InChI=1S/C16H15N3O5/c1-22-16(21)12-13(9-5-3-2-4-6-9)24-15(19-12)11-8-23-14(18-11)10(17)7-20/h2-6,8,10,20H,7,17H2,1H3/t10-/m1/s1. The van der Waals surface area contributed by atoms with Gasteiger partial charge < -0.3 is 24.4 Å². The van der Waals surface area contributed by atoms with Crippen molar-refractivity contribution >= 4 is 5.97 Å². The van der Waals surface area contributed by atoms with Crippen molar-refractivity contribution in [2.45, 2.75) is 6.04 Å². The Morgan fingerprint density at radius 2 is 2.08 bits per heavy atom. The summed E-state index contributed by atoms with van der Waals surface area (Å²) in [6.07, 6.45) is 1.30. The van der Waals surface area contributed by atoms with E-state index in [4.69, 9.17) is 24.4 Å². The Labute approximate surface area is 136 Å². The highest BCUT2D eigenvalue weighted by molar-refractivity contribution is 5.94.